The van der Waals surface area contributed by atoms with E-state index in [0.717, 1.165) is 14.5 Å². The van der Waals surface area contributed by atoms with Gasteiger partial charge in [-0.3, -0.25) is 0 Å². The molecule has 5 rings (SSSR count). The molecule has 0 fully saturated rings. The minimum atomic E-state index is -1.68. The fourth-order valence-corrected chi connectivity index (χ4v) is 38.0. The van der Waals surface area contributed by atoms with Crippen LogP contribution in [0.2, 0.25) is 29.6 Å². The van der Waals surface area contributed by atoms with Crippen LogP contribution in [0.5, 0.6) is 0 Å². The van der Waals surface area contributed by atoms with Gasteiger partial charge in [0.15, 0.2) is 0 Å². The molecule has 0 amide bonds. The maximum absolute atomic E-state index is 2.54. The molecule has 0 N–H and O–H groups in total. The standard InChI is InChI=1S/C20H24Se3.C4H3ISe.C4H2Se.6CH3.2Sn/c1-9-11(3)17(21-15(9)7)19-13(5)14(6)20(23-19)18-12(4)10(2)16(8)22-18;5-4-2-1-3-6-4;1-2-4-5-3-1;;;;;;;;/h1-8H3;1-3H;1-2H;6*1H3;;. The minimum absolute atomic E-state index is 0.501. The van der Waals surface area contributed by atoms with Crippen LogP contribution in [0.15, 0.2) is 29.2 Å². The van der Waals surface area contributed by atoms with Crippen molar-refractivity contribution in [3.05, 3.63) is 73.9 Å². The summed E-state index contributed by atoms with van der Waals surface area (Å²) in [5, 5.41) is 0. The normalized spacial score (nSPS) is 11.7. The average Bonchev–Trinajstić information content (AvgIpc) is 3.72. The van der Waals surface area contributed by atoms with Gasteiger partial charge in [0, 0.05) is 0 Å². The fraction of sp³-hybridized carbons (Fsp3) is 0.412. The van der Waals surface area contributed by atoms with Crippen LogP contribution in [0.3, 0.4) is 0 Å². The van der Waals surface area contributed by atoms with Crippen molar-refractivity contribution >= 4 is 137 Å². The average molecular weight is 1210 g/mol. The van der Waals surface area contributed by atoms with Gasteiger partial charge in [0.1, 0.15) is 0 Å². The van der Waals surface area contributed by atoms with Crippen LogP contribution in [0.25, 0.3) is 17.7 Å². The van der Waals surface area contributed by atoms with E-state index in [9.17, 15) is 0 Å². The second kappa shape index (κ2) is 16.1. The van der Waals surface area contributed by atoms with Crippen molar-refractivity contribution in [3.8, 4) is 17.7 Å². The molecule has 0 unspecified atom stereocenters. The molecule has 228 valence electrons. The van der Waals surface area contributed by atoms with Crippen LogP contribution in [-0.4, -0.2) is 109 Å². The Balaban J connectivity index is 0.000000212. The summed E-state index contributed by atoms with van der Waals surface area (Å²) in [5.41, 5.74) is 9.41. The molecule has 8 heteroatoms. The third-order valence-corrected chi connectivity index (χ3v) is 51.9. The summed E-state index contributed by atoms with van der Waals surface area (Å²) in [6.45, 7) is 18.7. The van der Waals surface area contributed by atoms with Gasteiger partial charge in [-0.05, 0) is 0 Å². The van der Waals surface area contributed by atoms with Crippen LogP contribution in [-0.2, 0) is 0 Å². The van der Waals surface area contributed by atoms with E-state index in [4.69, 9.17) is 0 Å². The zero-order chi connectivity index (χ0) is 31.7. The number of rotatable bonds is 4. The van der Waals surface area contributed by atoms with Crippen molar-refractivity contribution in [3.63, 3.8) is 0 Å². The van der Waals surface area contributed by atoms with Gasteiger partial charge in [-0.15, -0.1) is 0 Å². The predicted molar refractivity (Wildman–Crippen MR) is 211 cm³/mol. The number of hydrogen-bond donors (Lipinski definition) is 0. The molecule has 0 atom stereocenters. The summed E-state index contributed by atoms with van der Waals surface area (Å²) in [7, 11) is 0. The van der Waals surface area contributed by atoms with Gasteiger partial charge in [0.05, 0.1) is 0 Å². The van der Waals surface area contributed by atoms with Crippen LogP contribution >= 0.6 is 22.6 Å². The number of halogens is 1. The molecular formula is C34H47ISe5Sn2. The summed E-state index contributed by atoms with van der Waals surface area (Å²) in [5.74, 6) is 0. The summed E-state index contributed by atoms with van der Waals surface area (Å²) in [6.07, 6.45) is 0. The Morgan fingerprint density at radius 3 is 1.05 bits per heavy atom. The van der Waals surface area contributed by atoms with Gasteiger partial charge in [-0.2, -0.15) is 0 Å². The van der Waals surface area contributed by atoms with Gasteiger partial charge < -0.3 is 0 Å². The molecule has 0 aromatic carbocycles. The fourth-order valence-electron chi connectivity index (χ4n) is 4.35. The second-order valence-electron chi connectivity index (χ2n) is 13.1. The molecular weight excluding hydrogens is 1170 g/mol. The van der Waals surface area contributed by atoms with Gasteiger partial charge in [-0.1, -0.05) is 0 Å². The topological polar surface area (TPSA) is 0 Å². The van der Waals surface area contributed by atoms with Gasteiger partial charge >= 0.3 is 313 Å². The quantitative estimate of drug-likeness (QED) is 0.127. The van der Waals surface area contributed by atoms with Crippen LogP contribution in [0.1, 0.15) is 42.3 Å². The first-order chi connectivity index (χ1) is 19.3. The van der Waals surface area contributed by atoms with E-state index in [-0.39, 0.29) is 0 Å². The summed E-state index contributed by atoms with van der Waals surface area (Å²) in [4.78, 5) is 17.5. The van der Waals surface area contributed by atoms with Crippen LogP contribution in [0.4, 0.5) is 0 Å². The second-order valence-corrected chi connectivity index (χ2v) is 60.8. The monoisotopic (exact) mass is 1220 g/mol. The molecule has 0 spiro atoms. The molecule has 0 saturated heterocycles. The third kappa shape index (κ3) is 9.70. The van der Waals surface area contributed by atoms with E-state index in [1.165, 1.54) is 2.44 Å². The van der Waals surface area contributed by atoms with Crippen molar-refractivity contribution < 1.29 is 0 Å². The summed E-state index contributed by atoms with van der Waals surface area (Å²) >= 11 is 2.08. The Bertz CT molecular complexity index is 1530. The van der Waals surface area contributed by atoms with Crippen molar-refractivity contribution in [2.45, 2.75) is 85.0 Å². The molecule has 0 aliphatic heterocycles. The first-order valence-electron chi connectivity index (χ1n) is 14.4. The Labute approximate surface area is 308 Å². The summed E-state index contributed by atoms with van der Waals surface area (Å²) < 4.78 is 15.3. The van der Waals surface area contributed by atoms with E-state index in [1.807, 2.05) is 4.91 Å². The van der Waals surface area contributed by atoms with Crippen molar-refractivity contribution in [1.82, 2.24) is 0 Å². The van der Waals surface area contributed by atoms with E-state index < -0.39 is 36.8 Å². The third-order valence-electron chi connectivity index (χ3n) is 7.80. The molecule has 0 bridgehead atoms. The van der Waals surface area contributed by atoms with Gasteiger partial charge in [0.25, 0.3) is 0 Å². The molecule has 0 nitrogen and oxygen atoms in total. The zero-order valence-electron chi connectivity index (χ0n) is 27.8. The zero-order valence-corrected chi connectivity index (χ0v) is 44.2. The van der Waals surface area contributed by atoms with Crippen molar-refractivity contribution in [1.29, 1.82) is 0 Å². The van der Waals surface area contributed by atoms with E-state index in [1.54, 1.807) is 60.0 Å². The predicted octanol–water partition coefficient (Wildman–Crippen LogP) is 7.84. The van der Waals surface area contributed by atoms with Crippen LogP contribution in [0, 0.1) is 57.8 Å². The molecule has 5 heterocycles. The molecule has 0 aliphatic rings. The number of aryl methyl sites for hydroxylation is 2. The first-order valence-corrected chi connectivity index (χ1v) is 44.1. The molecule has 42 heavy (non-hydrogen) atoms. The van der Waals surface area contributed by atoms with Gasteiger partial charge in [0.2, 0.25) is 0 Å². The van der Waals surface area contributed by atoms with Crippen molar-refractivity contribution in [2.75, 3.05) is 0 Å². The van der Waals surface area contributed by atoms with Crippen LogP contribution < -0.4 is 4.91 Å². The Morgan fingerprint density at radius 2 is 0.833 bits per heavy atom. The van der Waals surface area contributed by atoms with Gasteiger partial charge in [-0.25, -0.2) is 0 Å². The Kier molecular flexibility index (Phi) is 14.9. The molecule has 0 radical (unpaired) electrons. The molecule has 5 aromatic heterocycles. The first kappa shape index (κ1) is 38.8. The van der Waals surface area contributed by atoms with E-state index in [0.29, 0.717) is 58.0 Å². The SMILES string of the molecule is Cc1[se]c(-c2[se]c(-c3[se]c(C)c(C)c3C)c(C)c2C)c(C)c1C.Ic1ccc[se]1.[CH3][Sn]([CH3])([CH3])[c]1cc[c]([Sn]([CH3])([CH3])[CH3])[se]1. The molecule has 0 aliphatic carbocycles. The Hall–Kier alpha value is 2.32. The number of hydrogen-bond acceptors (Lipinski definition) is 0. The summed E-state index contributed by atoms with van der Waals surface area (Å²) in [6, 6.07) is 9.23. The maximum atomic E-state index is 2.54. The Morgan fingerprint density at radius 1 is 0.476 bits per heavy atom. The van der Waals surface area contributed by atoms with E-state index in [2.05, 4.69) is 137 Å². The molecule has 0 saturated carbocycles. The molecule has 5 aromatic rings. The van der Waals surface area contributed by atoms with E-state index >= 15 is 0 Å². The van der Waals surface area contributed by atoms with Crippen molar-refractivity contribution in [2.24, 2.45) is 0 Å².